The summed E-state index contributed by atoms with van der Waals surface area (Å²) in [6, 6.07) is 7.16. The summed E-state index contributed by atoms with van der Waals surface area (Å²) in [5.41, 5.74) is 0.372. The van der Waals surface area contributed by atoms with Crippen molar-refractivity contribution in [2.45, 2.75) is 26.4 Å². The fraction of sp³-hybridized carbons (Fsp3) is 0.333. The zero-order valence-corrected chi connectivity index (χ0v) is 12.0. The predicted octanol–water partition coefficient (Wildman–Crippen LogP) is 3.62. The molecule has 0 fully saturated rings. The van der Waals surface area contributed by atoms with Gasteiger partial charge in [0.1, 0.15) is 16.9 Å². The number of carbonyl (C=O) groups excluding carboxylic acids is 2. The zero-order valence-electron chi connectivity index (χ0n) is 12.0. The van der Waals surface area contributed by atoms with Crippen molar-refractivity contribution in [3.8, 4) is 0 Å². The second-order valence-corrected chi connectivity index (χ2v) is 5.47. The molecule has 2 rings (SSSR count). The highest BCUT2D eigenvalue weighted by molar-refractivity contribution is 6.06. The fourth-order valence-electron chi connectivity index (χ4n) is 1.90. The minimum absolute atomic E-state index is 0.111. The summed E-state index contributed by atoms with van der Waals surface area (Å²) in [4.78, 5) is 24.5. The molecule has 0 aliphatic heterocycles. The number of ether oxygens (including phenoxy) is 1. The van der Waals surface area contributed by atoms with Gasteiger partial charge in [-0.2, -0.15) is 0 Å². The van der Waals surface area contributed by atoms with Gasteiger partial charge in [0.05, 0.1) is 0 Å². The maximum atomic E-state index is 12.1. The van der Waals surface area contributed by atoms with Crippen LogP contribution >= 0.6 is 0 Å². The van der Waals surface area contributed by atoms with Gasteiger partial charge in [-0.25, -0.2) is 4.79 Å². The van der Waals surface area contributed by atoms with Crippen molar-refractivity contribution in [2.75, 3.05) is 11.9 Å². The van der Waals surface area contributed by atoms with Crippen molar-refractivity contribution in [1.82, 2.24) is 0 Å². The van der Waals surface area contributed by atoms with E-state index >= 15 is 0 Å². The fourth-order valence-corrected chi connectivity index (χ4v) is 1.90. The highest BCUT2D eigenvalue weighted by Crippen LogP contribution is 2.33. The first-order valence-electron chi connectivity index (χ1n) is 6.27. The molecular formula is C15H17NO4. The molecule has 0 N–H and O–H groups in total. The van der Waals surface area contributed by atoms with Gasteiger partial charge in [-0.1, -0.05) is 12.1 Å². The van der Waals surface area contributed by atoms with Crippen molar-refractivity contribution in [3.63, 3.8) is 0 Å². The Hall–Kier alpha value is -2.30. The van der Waals surface area contributed by atoms with Crippen molar-refractivity contribution in [1.29, 1.82) is 0 Å². The van der Waals surface area contributed by atoms with E-state index in [0.717, 1.165) is 0 Å². The summed E-state index contributed by atoms with van der Waals surface area (Å²) in [6.45, 7) is 5.35. The van der Waals surface area contributed by atoms with Crippen LogP contribution in [0.1, 0.15) is 31.3 Å². The number of hydrogen-bond acceptors (Lipinski definition) is 4. The van der Waals surface area contributed by atoms with Gasteiger partial charge >= 0.3 is 6.09 Å². The zero-order chi connectivity index (χ0) is 14.9. The van der Waals surface area contributed by atoms with Gasteiger partial charge in [0, 0.05) is 12.4 Å². The number of nitrogens with zero attached hydrogens (tertiary/aromatic N) is 1. The van der Waals surface area contributed by atoms with Crippen LogP contribution in [0, 0.1) is 0 Å². The van der Waals surface area contributed by atoms with Gasteiger partial charge in [-0.15, -0.1) is 0 Å². The van der Waals surface area contributed by atoms with Gasteiger partial charge in [0.2, 0.25) is 0 Å². The molecule has 5 heteroatoms. The predicted molar refractivity (Wildman–Crippen MR) is 76.2 cm³/mol. The van der Waals surface area contributed by atoms with Crippen molar-refractivity contribution < 1.29 is 18.7 Å². The Morgan fingerprint density at radius 3 is 2.55 bits per heavy atom. The summed E-state index contributed by atoms with van der Waals surface area (Å²) in [6.07, 6.45) is 0.0584. The molecule has 1 aromatic carbocycles. The Bertz CT molecular complexity index is 651. The maximum Gasteiger partial charge on any atom is 0.414 e. The van der Waals surface area contributed by atoms with E-state index in [4.69, 9.17) is 9.15 Å². The average Bonchev–Trinajstić information content (AvgIpc) is 2.74. The third kappa shape index (κ3) is 2.66. The second kappa shape index (κ2) is 5.00. The summed E-state index contributed by atoms with van der Waals surface area (Å²) >= 11 is 0. The monoisotopic (exact) mass is 275 g/mol. The van der Waals surface area contributed by atoms with E-state index in [-0.39, 0.29) is 5.76 Å². The number of benzene rings is 1. The SMILES string of the molecule is CN(C(=O)OC(C)(C)C)c1c(C=O)oc2ccccc12. The third-order valence-electron chi connectivity index (χ3n) is 2.71. The van der Waals surface area contributed by atoms with Crippen LogP contribution < -0.4 is 4.90 Å². The molecule has 0 atom stereocenters. The standard InChI is InChI=1S/C15H17NO4/c1-15(2,3)20-14(18)16(4)13-10-7-5-6-8-11(10)19-12(13)9-17/h5-9H,1-4H3. The minimum atomic E-state index is -0.605. The molecule has 0 unspecified atom stereocenters. The number of rotatable bonds is 2. The summed E-state index contributed by atoms with van der Waals surface area (Å²) in [5, 5.41) is 0.697. The number of para-hydroxylation sites is 1. The number of carbonyl (C=O) groups is 2. The second-order valence-electron chi connectivity index (χ2n) is 5.47. The third-order valence-corrected chi connectivity index (χ3v) is 2.71. The highest BCUT2D eigenvalue weighted by atomic mass is 16.6. The molecule has 0 saturated carbocycles. The van der Waals surface area contributed by atoms with Gasteiger partial charge in [-0.05, 0) is 32.9 Å². The largest absolute Gasteiger partial charge is 0.451 e. The number of fused-ring (bicyclic) bond motifs is 1. The Kier molecular flexibility index (Phi) is 3.53. The van der Waals surface area contributed by atoms with E-state index in [1.807, 2.05) is 6.07 Å². The molecule has 0 radical (unpaired) electrons. The van der Waals surface area contributed by atoms with Crippen molar-refractivity contribution in [3.05, 3.63) is 30.0 Å². The van der Waals surface area contributed by atoms with Crippen LogP contribution in [0.4, 0.5) is 10.5 Å². The van der Waals surface area contributed by atoms with E-state index < -0.39 is 11.7 Å². The van der Waals surface area contributed by atoms with Gasteiger partial charge < -0.3 is 9.15 Å². The Balaban J connectivity index is 2.46. The van der Waals surface area contributed by atoms with Crippen LogP contribution in [0.2, 0.25) is 0 Å². The average molecular weight is 275 g/mol. The lowest BCUT2D eigenvalue weighted by atomic mass is 10.2. The van der Waals surface area contributed by atoms with Crippen LogP contribution in [0.25, 0.3) is 11.0 Å². The summed E-state index contributed by atoms with van der Waals surface area (Å²) in [5.74, 6) is 0.111. The summed E-state index contributed by atoms with van der Waals surface area (Å²) in [7, 11) is 1.55. The van der Waals surface area contributed by atoms with Gasteiger partial charge in [-0.3, -0.25) is 9.69 Å². The molecule has 0 saturated heterocycles. The Morgan fingerprint density at radius 1 is 1.30 bits per heavy atom. The van der Waals surface area contributed by atoms with Crippen molar-refractivity contribution in [2.24, 2.45) is 0 Å². The molecule has 0 aliphatic carbocycles. The molecule has 106 valence electrons. The Morgan fingerprint density at radius 2 is 1.95 bits per heavy atom. The minimum Gasteiger partial charge on any atom is -0.451 e. The molecule has 5 nitrogen and oxygen atoms in total. The van der Waals surface area contributed by atoms with Crippen molar-refractivity contribution >= 4 is 29.0 Å². The number of furan rings is 1. The van der Waals surface area contributed by atoms with Crippen LogP contribution in [0.3, 0.4) is 0 Å². The van der Waals surface area contributed by atoms with E-state index in [0.29, 0.717) is 22.9 Å². The molecule has 1 aromatic heterocycles. The molecule has 2 aromatic rings. The molecule has 1 amide bonds. The molecule has 20 heavy (non-hydrogen) atoms. The number of anilines is 1. The van der Waals surface area contributed by atoms with E-state index in [2.05, 4.69) is 0 Å². The number of aldehydes is 1. The normalized spacial score (nSPS) is 11.4. The highest BCUT2D eigenvalue weighted by Gasteiger charge is 2.25. The molecular weight excluding hydrogens is 258 g/mol. The quantitative estimate of drug-likeness (QED) is 0.785. The maximum absolute atomic E-state index is 12.1. The van der Waals surface area contributed by atoms with Crippen LogP contribution in [-0.4, -0.2) is 25.0 Å². The van der Waals surface area contributed by atoms with Gasteiger partial charge in [0.25, 0.3) is 0 Å². The van der Waals surface area contributed by atoms with E-state index in [9.17, 15) is 9.59 Å². The topological polar surface area (TPSA) is 59.8 Å². The van der Waals surface area contributed by atoms with E-state index in [1.54, 1.807) is 46.0 Å². The first kappa shape index (κ1) is 14.1. The van der Waals surface area contributed by atoms with Crippen LogP contribution in [0.15, 0.2) is 28.7 Å². The molecule has 1 heterocycles. The van der Waals surface area contributed by atoms with Gasteiger partial charge in [0.15, 0.2) is 12.0 Å². The van der Waals surface area contributed by atoms with E-state index in [1.165, 1.54) is 4.90 Å². The lowest BCUT2D eigenvalue weighted by molar-refractivity contribution is 0.0589. The lowest BCUT2D eigenvalue weighted by Crippen LogP contribution is -2.34. The molecule has 0 bridgehead atoms. The first-order chi connectivity index (χ1) is 9.33. The first-order valence-corrected chi connectivity index (χ1v) is 6.27. The van der Waals surface area contributed by atoms with Crippen LogP contribution in [-0.2, 0) is 4.74 Å². The molecule has 0 spiro atoms. The Labute approximate surface area is 117 Å². The summed E-state index contributed by atoms with van der Waals surface area (Å²) < 4.78 is 10.7. The van der Waals surface area contributed by atoms with Crippen LogP contribution in [0.5, 0.6) is 0 Å². The smallest absolute Gasteiger partial charge is 0.414 e. The lowest BCUT2D eigenvalue weighted by Gasteiger charge is -2.24. The number of hydrogen-bond donors (Lipinski definition) is 0. The molecule has 0 aliphatic rings. The number of amides is 1.